The summed E-state index contributed by atoms with van der Waals surface area (Å²) in [5.74, 6) is 0.0265. The summed E-state index contributed by atoms with van der Waals surface area (Å²) >= 11 is 5.19. The molecule has 2 aliphatic rings. The Bertz CT molecular complexity index is 832. The summed E-state index contributed by atoms with van der Waals surface area (Å²) in [7, 11) is 0. The van der Waals surface area contributed by atoms with Gasteiger partial charge >= 0.3 is 6.09 Å². The molecule has 1 heterocycles. The van der Waals surface area contributed by atoms with Crippen molar-refractivity contribution < 1.29 is 14.3 Å². The molecule has 0 radical (unpaired) electrons. The van der Waals surface area contributed by atoms with Crippen LogP contribution < -0.4 is 11.1 Å². The third-order valence-corrected chi connectivity index (χ3v) is 5.89. The number of alkyl carbamates (subject to hydrolysis) is 1. The molecule has 27 heavy (non-hydrogen) atoms. The van der Waals surface area contributed by atoms with Gasteiger partial charge in [-0.15, -0.1) is 0 Å². The molecule has 1 amide bonds. The molecule has 1 fully saturated rings. The van der Waals surface area contributed by atoms with Gasteiger partial charge in [-0.1, -0.05) is 60.7 Å². The number of carbonyl (C=O) groups excluding carboxylic acids is 1. The van der Waals surface area contributed by atoms with E-state index >= 15 is 0 Å². The predicted molar refractivity (Wildman–Crippen MR) is 108 cm³/mol. The van der Waals surface area contributed by atoms with Crippen LogP contribution >= 0.6 is 12.2 Å². The number of hydrogen-bond donors (Lipinski definition) is 2. The van der Waals surface area contributed by atoms with E-state index in [-0.39, 0.29) is 17.5 Å². The molecule has 0 unspecified atom stereocenters. The van der Waals surface area contributed by atoms with Gasteiger partial charge < -0.3 is 20.5 Å². The Kier molecular flexibility index (Phi) is 4.85. The van der Waals surface area contributed by atoms with Crippen LogP contribution in [0.15, 0.2) is 48.5 Å². The van der Waals surface area contributed by atoms with Crippen LogP contribution in [0.4, 0.5) is 4.79 Å². The smallest absolute Gasteiger partial charge is 0.407 e. The van der Waals surface area contributed by atoms with E-state index < -0.39 is 11.6 Å². The van der Waals surface area contributed by atoms with E-state index in [0.717, 1.165) is 0 Å². The van der Waals surface area contributed by atoms with Gasteiger partial charge in [0.15, 0.2) is 0 Å². The predicted octanol–water partition coefficient (Wildman–Crippen LogP) is 3.36. The lowest BCUT2D eigenvalue weighted by atomic mass is 9.90. The number of nitrogens with two attached hydrogens (primary N) is 1. The third kappa shape index (κ3) is 3.31. The molecule has 0 spiro atoms. The lowest BCUT2D eigenvalue weighted by Crippen LogP contribution is -2.59. The van der Waals surface area contributed by atoms with Gasteiger partial charge in [0.25, 0.3) is 0 Å². The minimum Gasteiger partial charge on any atom is -0.449 e. The Morgan fingerprint density at radius 3 is 2.22 bits per heavy atom. The van der Waals surface area contributed by atoms with Crippen molar-refractivity contribution in [2.45, 2.75) is 24.3 Å². The monoisotopic (exact) mass is 382 g/mol. The molecule has 2 aromatic rings. The highest BCUT2D eigenvalue weighted by Crippen LogP contribution is 2.44. The molecular formula is C21H22N2O3S. The van der Waals surface area contributed by atoms with Gasteiger partial charge in [0.2, 0.25) is 0 Å². The van der Waals surface area contributed by atoms with Crippen molar-refractivity contribution in [3.8, 4) is 11.1 Å². The molecule has 0 aromatic heterocycles. The van der Waals surface area contributed by atoms with Crippen molar-refractivity contribution in [3.05, 3.63) is 59.7 Å². The van der Waals surface area contributed by atoms with E-state index in [4.69, 9.17) is 27.4 Å². The molecule has 5 nitrogen and oxygen atoms in total. The van der Waals surface area contributed by atoms with E-state index in [0.29, 0.717) is 26.1 Å². The van der Waals surface area contributed by atoms with Crippen LogP contribution in [-0.2, 0) is 9.47 Å². The van der Waals surface area contributed by atoms with Gasteiger partial charge in [0, 0.05) is 32.0 Å². The number of fused-ring (bicyclic) bond motifs is 3. The molecule has 2 aromatic carbocycles. The number of carbonyl (C=O) groups is 1. The second-order valence-corrected chi connectivity index (χ2v) is 7.45. The van der Waals surface area contributed by atoms with Crippen LogP contribution in [-0.4, -0.2) is 36.4 Å². The number of amides is 1. The largest absolute Gasteiger partial charge is 0.449 e. The van der Waals surface area contributed by atoms with Crippen molar-refractivity contribution >= 4 is 23.3 Å². The van der Waals surface area contributed by atoms with E-state index in [1.807, 2.05) is 24.3 Å². The van der Waals surface area contributed by atoms with Crippen molar-refractivity contribution in [2.24, 2.45) is 5.73 Å². The molecule has 0 bridgehead atoms. The van der Waals surface area contributed by atoms with Crippen molar-refractivity contribution in [1.82, 2.24) is 5.32 Å². The summed E-state index contributed by atoms with van der Waals surface area (Å²) in [6.45, 7) is 1.30. The van der Waals surface area contributed by atoms with Crippen LogP contribution in [0.25, 0.3) is 11.1 Å². The number of nitrogens with one attached hydrogen (secondary N) is 1. The molecule has 1 aliphatic carbocycles. The van der Waals surface area contributed by atoms with Crippen LogP contribution in [0.3, 0.4) is 0 Å². The molecule has 0 saturated carbocycles. The molecule has 1 aliphatic heterocycles. The van der Waals surface area contributed by atoms with Crippen molar-refractivity contribution in [2.75, 3.05) is 19.8 Å². The first-order chi connectivity index (χ1) is 13.1. The highest BCUT2D eigenvalue weighted by molar-refractivity contribution is 7.80. The molecule has 3 N–H and O–H groups in total. The fourth-order valence-corrected chi connectivity index (χ4v) is 4.24. The number of ether oxygens (including phenoxy) is 2. The first-order valence-corrected chi connectivity index (χ1v) is 9.52. The SMILES string of the molecule is NC(=S)C1(NC(=O)OCC2c3ccccc3-c3ccccc32)CCOCC1. The van der Waals surface area contributed by atoms with Gasteiger partial charge in [-0.2, -0.15) is 0 Å². The minimum absolute atomic E-state index is 0.0265. The van der Waals surface area contributed by atoms with Crippen LogP contribution in [0.2, 0.25) is 0 Å². The topological polar surface area (TPSA) is 73.6 Å². The van der Waals surface area contributed by atoms with Crippen molar-refractivity contribution in [3.63, 3.8) is 0 Å². The standard InChI is InChI=1S/C21H22N2O3S/c22-19(27)21(9-11-25-12-10-21)23-20(24)26-13-18-16-7-3-1-5-14(16)15-6-2-4-8-17(15)18/h1-8,18H,9-13H2,(H2,22,27)(H,23,24). The Balaban J connectivity index is 1.49. The zero-order chi connectivity index (χ0) is 18.9. The summed E-state index contributed by atoms with van der Waals surface area (Å²) in [6.07, 6.45) is 0.630. The van der Waals surface area contributed by atoms with Gasteiger partial charge in [0.1, 0.15) is 6.61 Å². The van der Waals surface area contributed by atoms with E-state index in [1.165, 1.54) is 22.3 Å². The summed E-state index contributed by atoms with van der Waals surface area (Å²) in [4.78, 5) is 12.8. The fourth-order valence-electron chi connectivity index (χ4n) is 3.98. The number of benzene rings is 2. The molecule has 6 heteroatoms. The quantitative estimate of drug-likeness (QED) is 0.793. The van der Waals surface area contributed by atoms with Crippen LogP contribution in [0, 0.1) is 0 Å². The van der Waals surface area contributed by atoms with Gasteiger partial charge in [-0.3, -0.25) is 0 Å². The second-order valence-electron chi connectivity index (χ2n) is 7.01. The minimum atomic E-state index is -0.726. The maximum atomic E-state index is 12.5. The maximum Gasteiger partial charge on any atom is 0.407 e. The average Bonchev–Trinajstić information content (AvgIpc) is 3.01. The second kappa shape index (κ2) is 7.29. The lowest BCUT2D eigenvalue weighted by molar-refractivity contribution is 0.0578. The van der Waals surface area contributed by atoms with E-state index in [2.05, 4.69) is 29.6 Å². The van der Waals surface area contributed by atoms with Crippen molar-refractivity contribution in [1.29, 1.82) is 0 Å². The summed E-state index contributed by atoms with van der Waals surface area (Å²) in [5.41, 5.74) is 9.94. The number of thiocarbonyl (C=S) groups is 1. The maximum absolute atomic E-state index is 12.5. The Labute approximate surface area is 163 Å². The normalized spacial score (nSPS) is 17.6. The fraction of sp³-hybridized carbons (Fsp3) is 0.333. The highest BCUT2D eigenvalue weighted by atomic mass is 32.1. The lowest BCUT2D eigenvalue weighted by Gasteiger charge is -2.36. The molecular weight excluding hydrogens is 360 g/mol. The third-order valence-electron chi connectivity index (χ3n) is 5.50. The van der Waals surface area contributed by atoms with Gasteiger partial charge in [-0.25, -0.2) is 4.79 Å². The number of rotatable bonds is 4. The summed E-state index contributed by atoms with van der Waals surface area (Å²) in [5, 5.41) is 2.90. The first kappa shape index (κ1) is 17.9. The summed E-state index contributed by atoms with van der Waals surface area (Å²) < 4.78 is 11.0. The Morgan fingerprint density at radius 2 is 1.67 bits per heavy atom. The zero-order valence-electron chi connectivity index (χ0n) is 14.9. The molecule has 1 saturated heterocycles. The number of hydrogen-bond acceptors (Lipinski definition) is 4. The van der Waals surface area contributed by atoms with Gasteiger partial charge in [0.05, 0.1) is 10.5 Å². The molecule has 0 atom stereocenters. The van der Waals surface area contributed by atoms with Crippen LogP contribution in [0.1, 0.15) is 29.9 Å². The molecule has 140 valence electrons. The van der Waals surface area contributed by atoms with E-state index in [9.17, 15) is 4.79 Å². The highest BCUT2D eigenvalue weighted by Gasteiger charge is 2.38. The Hall–Kier alpha value is -2.44. The zero-order valence-corrected chi connectivity index (χ0v) is 15.8. The Morgan fingerprint density at radius 1 is 1.11 bits per heavy atom. The summed E-state index contributed by atoms with van der Waals surface area (Å²) in [6, 6.07) is 16.5. The van der Waals surface area contributed by atoms with Crippen LogP contribution in [0.5, 0.6) is 0 Å². The first-order valence-electron chi connectivity index (χ1n) is 9.11. The molecule has 4 rings (SSSR count). The average molecular weight is 382 g/mol. The van der Waals surface area contributed by atoms with E-state index in [1.54, 1.807) is 0 Å². The van der Waals surface area contributed by atoms with Gasteiger partial charge in [-0.05, 0) is 22.3 Å².